The Morgan fingerprint density at radius 1 is 1.50 bits per heavy atom. The highest BCUT2D eigenvalue weighted by molar-refractivity contribution is 7.89. The van der Waals surface area contributed by atoms with Crippen molar-refractivity contribution >= 4 is 10.0 Å². The zero-order chi connectivity index (χ0) is 12.3. The minimum Gasteiger partial charge on any atom is -0.391 e. The van der Waals surface area contributed by atoms with Crippen LogP contribution >= 0.6 is 0 Å². The van der Waals surface area contributed by atoms with E-state index in [1.54, 1.807) is 0 Å². The Morgan fingerprint density at radius 2 is 2.12 bits per heavy atom. The van der Waals surface area contributed by atoms with Gasteiger partial charge < -0.3 is 5.11 Å². The number of sulfonamides is 1. The van der Waals surface area contributed by atoms with Crippen LogP contribution in [0.25, 0.3) is 0 Å². The molecule has 3 atom stereocenters. The first-order valence-corrected chi connectivity index (χ1v) is 7.63. The van der Waals surface area contributed by atoms with Gasteiger partial charge in [-0.3, -0.25) is 0 Å². The fourth-order valence-corrected chi connectivity index (χ4v) is 3.78. The van der Waals surface area contributed by atoms with Crippen LogP contribution in [0.3, 0.4) is 0 Å². The molecule has 0 aromatic rings. The van der Waals surface area contributed by atoms with E-state index in [1.165, 1.54) is 4.31 Å². The van der Waals surface area contributed by atoms with Crippen molar-refractivity contribution in [2.45, 2.75) is 39.7 Å². The second kappa shape index (κ2) is 5.47. The van der Waals surface area contributed by atoms with Crippen LogP contribution in [0, 0.1) is 11.8 Å². The molecule has 16 heavy (non-hydrogen) atoms. The van der Waals surface area contributed by atoms with Crippen molar-refractivity contribution in [2.24, 2.45) is 11.8 Å². The van der Waals surface area contributed by atoms with Crippen LogP contribution < -0.4 is 0 Å². The van der Waals surface area contributed by atoms with Crippen molar-refractivity contribution in [3.63, 3.8) is 0 Å². The maximum Gasteiger partial charge on any atom is 0.214 e. The van der Waals surface area contributed by atoms with E-state index in [2.05, 4.69) is 0 Å². The summed E-state index contributed by atoms with van der Waals surface area (Å²) in [6.45, 7) is 6.72. The molecule has 96 valence electrons. The molecule has 1 heterocycles. The number of rotatable bonds is 4. The first-order valence-electron chi connectivity index (χ1n) is 6.02. The Bertz CT molecular complexity index is 315. The van der Waals surface area contributed by atoms with Gasteiger partial charge >= 0.3 is 0 Å². The normalized spacial score (nSPS) is 30.2. The molecule has 1 aliphatic rings. The lowest BCUT2D eigenvalue weighted by molar-refractivity contribution is 0.0604. The second-order valence-electron chi connectivity index (χ2n) is 4.98. The highest BCUT2D eigenvalue weighted by Crippen LogP contribution is 2.21. The molecule has 0 aliphatic carbocycles. The summed E-state index contributed by atoms with van der Waals surface area (Å²) in [5.74, 6) is 0.585. The number of nitrogens with zero attached hydrogens (tertiary/aromatic N) is 1. The van der Waals surface area contributed by atoms with Gasteiger partial charge in [-0.1, -0.05) is 27.2 Å². The molecule has 4 nitrogen and oxygen atoms in total. The van der Waals surface area contributed by atoms with Crippen LogP contribution in [0.4, 0.5) is 0 Å². The largest absolute Gasteiger partial charge is 0.391 e. The van der Waals surface area contributed by atoms with Crippen LogP contribution in [0.1, 0.15) is 33.6 Å². The lowest BCUT2D eigenvalue weighted by Crippen LogP contribution is -2.47. The van der Waals surface area contributed by atoms with Crippen molar-refractivity contribution in [1.29, 1.82) is 0 Å². The molecular formula is C11H23NO3S. The lowest BCUT2D eigenvalue weighted by atomic mass is 9.98. The van der Waals surface area contributed by atoms with E-state index in [0.29, 0.717) is 6.54 Å². The first-order chi connectivity index (χ1) is 7.36. The molecule has 1 fully saturated rings. The molecule has 1 rings (SSSR count). The van der Waals surface area contributed by atoms with Crippen LogP contribution in [0.5, 0.6) is 0 Å². The van der Waals surface area contributed by atoms with Crippen molar-refractivity contribution < 1.29 is 13.5 Å². The van der Waals surface area contributed by atoms with Gasteiger partial charge in [0, 0.05) is 13.1 Å². The minimum atomic E-state index is -3.18. The van der Waals surface area contributed by atoms with Gasteiger partial charge in [0.2, 0.25) is 10.0 Å². The molecule has 1 aliphatic heterocycles. The van der Waals surface area contributed by atoms with E-state index in [1.807, 2.05) is 20.8 Å². The third kappa shape index (κ3) is 3.43. The van der Waals surface area contributed by atoms with E-state index in [9.17, 15) is 13.5 Å². The van der Waals surface area contributed by atoms with Crippen molar-refractivity contribution in [3.8, 4) is 0 Å². The predicted octanol–water partition coefficient (Wildman–Crippen LogP) is 1.06. The number of β-amino-alcohol motifs (C(OH)–C–C–N with tert-alkyl or cyclic N) is 1. The smallest absolute Gasteiger partial charge is 0.214 e. The van der Waals surface area contributed by atoms with Gasteiger partial charge in [0.25, 0.3) is 0 Å². The van der Waals surface area contributed by atoms with Crippen molar-refractivity contribution in [2.75, 3.05) is 18.8 Å². The molecular weight excluding hydrogens is 226 g/mol. The van der Waals surface area contributed by atoms with E-state index in [4.69, 9.17) is 0 Å². The summed E-state index contributed by atoms with van der Waals surface area (Å²) < 4.78 is 25.5. The molecule has 0 bridgehead atoms. The van der Waals surface area contributed by atoms with E-state index >= 15 is 0 Å². The van der Waals surface area contributed by atoms with Gasteiger partial charge in [0.1, 0.15) is 0 Å². The maximum absolute atomic E-state index is 12.0. The maximum atomic E-state index is 12.0. The molecule has 0 saturated carbocycles. The van der Waals surface area contributed by atoms with Crippen LogP contribution in [-0.4, -0.2) is 42.8 Å². The summed E-state index contributed by atoms with van der Waals surface area (Å²) in [4.78, 5) is 0. The Labute approximate surface area is 98.7 Å². The summed E-state index contributed by atoms with van der Waals surface area (Å²) in [6.07, 6.45) is 1.10. The average Bonchev–Trinajstić information content (AvgIpc) is 2.21. The van der Waals surface area contributed by atoms with Gasteiger partial charge in [-0.25, -0.2) is 8.42 Å². The molecule has 1 N–H and O–H groups in total. The van der Waals surface area contributed by atoms with Crippen molar-refractivity contribution in [3.05, 3.63) is 0 Å². The molecule has 1 saturated heterocycles. The van der Waals surface area contributed by atoms with Gasteiger partial charge in [0.05, 0.1) is 11.9 Å². The van der Waals surface area contributed by atoms with Crippen LogP contribution in [-0.2, 0) is 10.0 Å². The number of aliphatic hydroxyl groups is 1. The molecule has 0 aromatic carbocycles. The topological polar surface area (TPSA) is 57.6 Å². The average molecular weight is 249 g/mol. The Hall–Kier alpha value is -0.130. The van der Waals surface area contributed by atoms with Gasteiger partial charge in [0.15, 0.2) is 0 Å². The summed E-state index contributed by atoms with van der Waals surface area (Å²) in [5.41, 5.74) is 0. The lowest BCUT2D eigenvalue weighted by Gasteiger charge is -2.33. The van der Waals surface area contributed by atoms with Gasteiger partial charge in [-0.15, -0.1) is 0 Å². The van der Waals surface area contributed by atoms with Crippen LogP contribution in [0.15, 0.2) is 0 Å². The minimum absolute atomic E-state index is 0.182. The van der Waals surface area contributed by atoms with Gasteiger partial charge in [-0.2, -0.15) is 4.31 Å². The van der Waals surface area contributed by atoms with E-state index < -0.39 is 16.1 Å². The Balaban J connectivity index is 2.63. The third-order valence-electron chi connectivity index (χ3n) is 3.47. The van der Waals surface area contributed by atoms with E-state index in [-0.39, 0.29) is 24.1 Å². The summed E-state index contributed by atoms with van der Waals surface area (Å²) in [6, 6.07) is 0. The highest BCUT2D eigenvalue weighted by Gasteiger charge is 2.32. The Morgan fingerprint density at radius 3 is 2.62 bits per heavy atom. The van der Waals surface area contributed by atoms with Gasteiger partial charge in [-0.05, 0) is 18.3 Å². The number of hydrogen-bond acceptors (Lipinski definition) is 3. The first kappa shape index (κ1) is 13.9. The SMILES string of the molecule is CCC(C)CS(=O)(=O)N1CCC(C)C(O)C1. The number of piperidine rings is 1. The standard InChI is InChI=1S/C11H23NO3S/c1-4-9(2)8-16(14,15)12-6-5-10(3)11(13)7-12/h9-11,13H,4-8H2,1-3H3. The zero-order valence-electron chi connectivity index (χ0n) is 10.4. The number of hydrogen-bond donors (Lipinski definition) is 1. The van der Waals surface area contributed by atoms with Crippen molar-refractivity contribution in [1.82, 2.24) is 4.31 Å². The number of aliphatic hydroxyl groups excluding tert-OH is 1. The second-order valence-corrected chi connectivity index (χ2v) is 7.00. The third-order valence-corrected chi connectivity index (χ3v) is 5.58. The predicted molar refractivity (Wildman–Crippen MR) is 64.6 cm³/mol. The molecule has 0 spiro atoms. The quantitative estimate of drug-likeness (QED) is 0.810. The molecule has 5 heteroatoms. The van der Waals surface area contributed by atoms with Crippen LogP contribution in [0.2, 0.25) is 0 Å². The Kier molecular flexibility index (Phi) is 4.76. The highest BCUT2D eigenvalue weighted by atomic mass is 32.2. The fraction of sp³-hybridized carbons (Fsp3) is 1.00. The summed E-state index contributed by atoms with van der Waals surface area (Å²) in [7, 11) is -3.18. The molecule has 0 aromatic heterocycles. The fourth-order valence-electron chi connectivity index (χ4n) is 1.86. The molecule has 0 amide bonds. The zero-order valence-corrected chi connectivity index (χ0v) is 11.2. The molecule has 3 unspecified atom stereocenters. The summed E-state index contributed by atoms with van der Waals surface area (Å²) >= 11 is 0. The summed E-state index contributed by atoms with van der Waals surface area (Å²) in [5, 5.41) is 9.70. The van der Waals surface area contributed by atoms with E-state index in [0.717, 1.165) is 12.8 Å². The monoisotopic (exact) mass is 249 g/mol. The molecule has 0 radical (unpaired) electrons.